The van der Waals surface area contributed by atoms with Gasteiger partial charge in [0.25, 0.3) is 0 Å². The van der Waals surface area contributed by atoms with Crippen LogP contribution in [0.2, 0.25) is 0 Å². The van der Waals surface area contributed by atoms with Gasteiger partial charge in [-0.15, -0.1) is 5.10 Å². The van der Waals surface area contributed by atoms with Gasteiger partial charge in [-0.1, -0.05) is 18.1 Å². The fourth-order valence-electron chi connectivity index (χ4n) is 3.16. The molecule has 34 heavy (non-hydrogen) atoms. The van der Waals surface area contributed by atoms with Crippen molar-refractivity contribution in [1.82, 2.24) is 25.2 Å². The number of unbranched alkanes of at least 4 members (excludes halogenated alkanes) is 2. The number of nitrogens with one attached hydrogen (secondary N) is 1. The number of carbonyl (C=O) groups is 5. The lowest BCUT2D eigenvalue weighted by molar-refractivity contribution is -0.149. The molecular weight excluding hydrogens is 454 g/mol. The minimum atomic E-state index is -1.31. The number of Topliss-reactive ketones (excluding diaryl/α,β-unsaturated/α-hetero) is 1. The van der Waals surface area contributed by atoms with E-state index in [0.717, 1.165) is 4.90 Å². The van der Waals surface area contributed by atoms with E-state index in [4.69, 9.17) is 14.9 Å². The van der Waals surface area contributed by atoms with Crippen LogP contribution >= 0.6 is 0 Å². The second kappa shape index (κ2) is 15.3. The van der Waals surface area contributed by atoms with Crippen LogP contribution < -0.4 is 5.32 Å². The van der Waals surface area contributed by atoms with Gasteiger partial charge >= 0.3 is 24.0 Å². The third-order valence-corrected chi connectivity index (χ3v) is 4.73. The molecule has 1 aromatic rings. The molecule has 0 aliphatic carbocycles. The first-order chi connectivity index (χ1) is 16.1. The van der Waals surface area contributed by atoms with Crippen LogP contribution in [-0.2, 0) is 37.0 Å². The van der Waals surface area contributed by atoms with E-state index in [-0.39, 0.29) is 38.2 Å². The second-order valence-corrected chi connectivity index (χ2v) is 7.48. The Labute approximate surface area is 195 Å². The summed E-state index contributed by atoms with van der Waals surface area (Å²) in [7, 11) is 0. The molecule has 190 valence electrons. The third-order valence-electron chi connectivity index (χ3n) is 4.73. The number of aromatic nitrogens is 3. The summed E-state index contributed by atoms with van der Waals surface area (Å²) >= 11 is 0. The summed E-state index contributed by atoms with van der Waals surface area (Å²) < 4.78 is 6.24. The van der Waals surface area contributed by atoms with Crippen molar-refractivity contribution in [2.45, 2.75) is 64.6 Å². The highest BCUT2D eigenvalue weighted by molar-refractivity contribution is 5.78. The first kappa shape index (κ1) is 28.5. The molecule has 0 spiro atoms. The summed E-state index contributed by atoms with van der Waals surface area (Å²) in [5.74, 6) is -3.92. The van der Waals surface area contributed by atoms with Crippen LogP contribution in [0.25, 0.3) is 0 Å². The summed E-state index contributed by atoms with van der Waals surface area (Å²) in [6.45, 7) is 1.05. The highest BCUT2D eigenvalue weighted by Gasteiger charge is 2.28. The van der Waals surface area contributed by atoms with E-state index in [0.29, 0.717) is 31.5 Å². The van der Waals surface area contributed by atoms with Gasteiger partial charge in [0.15, 0.2) is 0 Å². The Morgan fingerprint density at radius 3 is 2.32 bits per heavy atom. The van der Waals surface area contributed by atoms with Gasteiger partial charge in [0.05, 0.1) is 32.4 Å². The zero-order chi connectivity index (χ0) is 25.5. The number of ketones is 1. The largest absolute Gasteiger partial charge is 0.480 e. The van der Waals surface area contributed by atoms with Crippen molar-refractivity contribution < 1.29 is 44.0 Å². The number of nitrogens with zero attached hydrogens (tertiary/aromatic N) is 4. The molecular formula is C20H31N5O9. The molecule has 0 radical (unpaired) electrons. The number of rotatable bonds is 18. The number of aliphatic carboxylic acids is 3. The summed E-state index contributed by atoms with van der Waals surface area (Å²) in [6.07, 6.45) is 3.12. The van der Waals surface area contributed by atoms with Gasteiger partial charge in [0.2, 0.25) is 0 Å². The van der Waals surface area contributed by atoms with Gasteiger partial charge in [-0.25, -0.2) is 4.79 Å². The molecule has 1 heterocycles. The van der Waals surface area contributed by atoms with E-state index in [1.165, 1.54) is 4.68 Å². The minimum Gasteiger partial charge on any atom is -0.480 e. The summed E-state index contributed by atoms with van der Waals surface area (Å²) in [5.41, 5.74) is 0.522. The number of carboxylic acid groups (broad SMARTS) is 3. The van der Waals surface area contributed by atoms with Crippen LogP contribution in [0.5, 0.6) is 0 Å². The monoisotopic (exact) mass is 485 g/mol. The number of aryl methyl sites for hydroxylation is 1. The van der Waals surface area contributed by atoms with Crippen molar-refractivity contribution in [3.8, 4) is 0 Å². The Hall–Kier alpha value is -3.55. The fraction of sp³-hybridized carbons (Fsp3) is 0.650. The lowest BCUT2D eigenvalue weighted by atomic mass is 10.0. The Bertz CT molecular complexity index is 826. The van der Waals surface area contributed by atoms with Crippen LogP contribution in [-0.4, -0.2) is 90.7 Å². The van der Waals surface area contributed by atoms with Crippen molar-refractivity contribution in [2.75, 3.05) is 19.7 Å². The Morgan fingerprint density at radius 2 is 1.74 bits per heavy atom. The van der Waals surface area contributed by atoms with Crippen molar-refractivity contribution in [1.29, 1.82) is 0 Å². The number of ether oxygens (including phenoxy) is 1. The topological polar surface area (TPSA) is 201 Å². The van der Waals surface area contributed by atoms with E-state index in [1.807, 2.05) is 0 Å². The number of hydrogen-bond donors (Lipinski definition) is 4. The van der Waals surface area contributed by atoms with Gasteiger partial charge in [-0.05, 0) is 19.8 Å². The molecule has 1 unspecified atom stereocenters. The maximum absolute atomic E-state index is 12.1. The maximum atomic E-state index is 12.1. The second-order valence-electron chi connectivity index (χ2n) is 7.48. The third kappa shape index (κ3) is 11.9. The first-order valence-corrected chi connectivity index (χ1v) is 10.8. The molecule has 14 heteroatoms. The van der Waals surface area contributed by atoms with Crippen LogP contribution in [0.4, 0.5) is 4.79 Å². The predicted molar refractivity (Wildman–Crippen MR) is 115 cm³/mol. The molecule has 4 N–H and O–H groups in total. The molecule has 0 saturated carbocycles. The molecule has 1 rings (SSSR count). The molecule has 0 fully saturated rings. The number of alkyl carbamates (subject to hydrolysis) is 1. The van der Waals surface area contributed by atoms with E-state index in [9.17, 15) is 29.1 Å². The molecule has 0 aromatic carbocycles. The molecule has 14 nitrogen and oxygen atoms in total. The molecule has 1 amide bonds. The quantitative estimate of drug-likeness (QED) is 0.208. The van der Waals surface area contributed by atoms with Crippen molar-refractivity contribution in [2.24, 2.45) is 0 Å². The molecule has 0 saturated heterocycles. The lowest BCUT2D eigenvalue weighted by Gasteiger charge is -2.25. The van der Waals surface area contributed by atoms with Crippen LogP contribution in [0, 0.1) is 0 Å². The maximum Gasteiger partial charge on any atom is 0.407 e. The SMILES string of the molecule is CCOC(=O)NCc1cn(CCC(=O)CCCCCC(C(=O)O)N(CC(=O)O)CC(=O)O)nn1. The van der Waals surface area contributed by atoms with Gasteiger partial charge in [0, 0.05) is 19.4 Å². The molecule has 0 bridgehead atoms. The number of carboxylic acids is 3. The standard InChI is InChI=1S/C20H31N5O9/c1-2-34-20(33)21-10-14-11-25(23-22-14)9-8-15(26)6-4-3-5-7-16(19(31)32)24(12-17(27)28)13-18(29)30/h11,16H,2-10,12-13H2,1H3,(H,21,33)(H,27,28)(H,29,30)(H,31,32). The Morgan fingerprint density at radius 1 is 1.06 bits per heavy atom. The normalized spacial score (nSPS) is 11.7. The Balaban J connectivity index is 2.33. The smallest absolute Gasteiger partial charge is 0.407 e. The van der Waals surface area contributed by atoms with E-state index in [1.54, 1.807) is 13.1 Å². The van der Waals surface area contributed by atoms with Gasteiger partial charge < -0.3 is 25.4 Å². The highest BCUT2D eigenvalue weighted by Crippen LogP contribution is 2.13. The van der Waals surface area contributed by atoms with E-state index >= 15 is 0 Å². The fourth-order valence-corrected chi connectivity index (χ4v) is 3.16. The number of carbonyl (C=O) groups excluding carboxylic acids is 2. The average molecular weight is 485 g/mol. The van der Waals surface area contributed by atoms with Crippen LogP contribution in [0.15, 0.2) is 6.20 Å². The van der Waals surface area contributed by atoms with Gasteiger partial charge in [-0.3, -0.25) is 28.8 Å². The van der Waals surface area contributed by atoms with Crippen molar-refractivity contribution in [3.05, 3.63) is 11.9 Å². The minimum absolute atomic E-state index is 0.00476. The van der Waals surface area contributed by atoms with Gasteiger partial charge in [0.1, 0.15) is 17.5 Å². The van der Waals surface area contributed by atoms with Crippen molar-refractivity contribution in [3.63, 3.8) is 0 Å². The van der Waals surface area contributed by atoms with Crippen molar-refractivity contribution >= 4 is 29.8 Å². The molecule has 0 aliphatic heterocycles. The molecule has 0 aliphatic rings. The van der Waals surface area contributed by atoms with Crippen LogP contribution in [0.1, 0.15) is 51.1 Å². The van der Waals surface area contributed by atoms with Gasteiger partial charge in [-0.2, -0.15) is 0 Å². The Kier molecular flexibility index (Phi) is 12.8. The lowest BCUT2D eigenvalue weighted by Crippen LogP contribution is -2.46. The summed E-state index contributed by atoms with van der Waals surface area (Å²) in [4.78, 5) is 57.6. The molecule has 1 aromatic heterocycles. The average Bonchev–Trinajstić information content (AvgIpc) is 3.20. The van der Waals surface area contributed by atoms with E-state index in [2.05, 4.69) is 15.6 Å². The predicted octanol–water partition coefficient (Wildman–Crippen LogP) is 0.358. The summed E-state index contributed by atoms with van der Waals surface area (Å²) in [6, 6.07) is -1.23. The summed E-state index contributed by atoms with van der Waals surface area (Å²) in [5, 5.41) is 37.5. The van der Waals surface area contributed by atoms with E-state index < -0.39 is 43.1 Å². The first-order valence-electron chi connectivity index (χ1n) is 10.8. The zero-order valence-corrected chi connectivity index (χ0v) is 19.0. The number of hydrogen-bond acceptors (Lipinski definition) is 9. The number of amides is 1. The highest BCUT2D eigenvalue weighted by atomic mass is 16.5. The zero-order valence-electron chi connectivity index (χ0n) is 19.0. The van der Waals surface area contributed by atoms with Crippen LogP contribution in [0.3, 0.4) is 0 Å². The molecule has 1 atom stereocenters.